The maximum absolute atomic E-state index is 11.4. The Bertz CT molecular complexity index is 445. The minimum atomic E-state index is -3.93. The molecule has 0 aliphatic rings. The van der Waals surface area contributed by atoms with Gasteiger partial charge in [-0.2, -0.15) is 8.42 Å². The largest absolute Gasteiger partial charge is 0.343 e. The van der Waals surface area contributed by atoms with E-state index in [1.807, 2.05) is 6.92 Å². The summed E-state index contributed by atoms with van der Waals surface area (Å²) in [7, 11) is -3.93. The van der Waals surface area contributed by atoms with Crippen molar-refractivity contribution in [1.82, 2.24) is 0 Å². The van der Waals surface area contributed by atoms with Crippen LogP contribution in [0.4, 0.5) is 0 Å². The molecule has 1 aromatic rings. The summed E-state index contributed by atoms with van der Waals surface area (Å²) < 4.78 is 27.0. The van der Waals surface area contributed by atoms with Crippen LogP contribution in [0.1, 0.15) is 19.4 Å². The van der Waals surface area contributed by atoms with Crippen molar-refractivity contribution in [2.75, 3.05) is 0 Å². The van der Waals surface area contributed by atoms with Gasteiger partial charge in [0.2, 0.25) is 0 Å². The lowest BCUT2D eigenvalue weighted by Gasteiger charge is -2.03. The molecule has 1 aromatic carbocycles. The third kappa shape index (κ3) is 3.06. The lowest BCUT2D eigenvalue weighted by molar-refractivity contribution is -0.131. The highest BCUT2D eigenvalue weighted by Crippen LogP contribution is 2.13. The zero-order chi connectivity index (χ0) is 11.5. The van der Waals surface area contributed by atoms with Crippen molar-refractivity contribution < 1.29 is 17.4 Å². The monoisotopic (exact) mass is 228 g/mol. The summed E-state index contributed by atoms with van der Waals surface area (Å²) in [6.07, 6.45) is 0.827. The standard InChI is InChI=1S/C10H12O4S/c1-3-9-4-6-10(7-5-9)15(12,13)14-8(2)11/h4-7H,3H2,1-2H3. The zero-order valence-corrected chi connectivity index (χ0v) is 9.37. The minimum Gasteiger partial charge on any atom is -0.343 e. The van der Waals surface area contributed by atoms with Crippen LogP contribution in [0.5, 0.6) is 0 Å². The van der Waals surface area contributed by atoms with Crippen molar-refractivity contribution in [2.45, 2.75) is 25.2 Å². The van der Waals surface area contributed by atoms with Gasteiger partial charge in [0.15, 0.2) is 0 Å². The number of benzene rings is 1. The normalized spacial score (nSPS) is 11.1. The fourth-order valence-electron chi connectivity index (χ4n) is 1.09. The summed E-state index contributed by atoms with van der Waals surface area (Å²) >= 11 is 0. The van der Waals surface area contributed by atoms with Crippen LogP contribution in [0.3, 0.4) is 0 Å². The molecular formula is C10H12O4S. The highest BCUT2D eigenvalue weighted by Gasteiger charge is 2.17. The third-order valence-corrected chi connectivity index (χ3v) is 3.15. The Kier molecular flexibility index (Phi) is 3.47. The molecule has 0 unspecified atom stereocenters. The van der Waals surface area contributed by atoms with Crippen LogP contribution in [-0.4, -0.2) is 14.4 Å². The Hall–Kier alpha value is -1.36. The van der Waals surface area contributed by atoms with E-state index in [1.54, 1.807) is 12.1 Å². The van der Waals surface area contributed by atoms with Gasteiger partial charge in [0, 0.05) is 6.92 Å². The van der Waals surface area contributed by atoms with Gasteiger partial charge in [-0.1, -0.05) is 19.1 Å². The SMILES string of the molecule is CCc1ccc(S(=O)(=O)OC(C)=O)cc1. The van der Waals surface area contributed by atoms with Crippen LogP contribution < -0.4 is 0 Å². The van der Waals surface area contributed by atoms with Crippen molar-refractivity contribution in [1.29, 1.82) is 0 Å². The molecule has 5 heteroatoms. The number of hydrogen-bond donors (Lipinski definition) is 0. The van der Waals surface area contributed by atoms with E-state index in [2.05, 4.69) is 4.18 Å². The summed E-state index contributed by atoms with van der Waals surface area (Å²) in [5.41, 5.74) is 1.02. The van der Waals surface area contributed by atoms with Crippen LogP contribution in [-0.2, 0) is 25.5 Å². The summed E-state index contributed by atoms with van der Waals surface area (Å²) in [5.74, 6) is -0.838. The van der Waals surface area contributed by atoms with Gasteiger partial charge in [-0.05, 0) is 24.1 Å². The molecule has 0 N–H and O–H groups in total. The molecule has 0 saturated carbocycles. The van der Waals surface area contributed by atoms with Crippen LogP contribution in [0.15, 0.2) is 29.2 Å². The zero-order valence-electron chi connectivity index (χ0n) is 8.56. The fourth-order valence-corrected chi connectivity index (χ4v) is 1.97. The first-order valence-electron chi connectivity index (χ1n) is 4.49. The van der Waals surface area contributed by atoms with Gasteiger partial charge < -0.3 is 4.18 Å². The Labute approximate surface area is 89.0 Å². The molecule has 0 amide bonds. The molecule has 0 atom stereocenters. The Morgan fingerprint density at radius 2 is 1.80 bits per heavy atom. The maximum atomic E-state index is 11.4. The lowest BCUT2D eigenvalue weighted by atomic mass is 10.2. The highest BCUT2D eigenvalue weighted by atomic mass is 32.2. The number of hydrogen-bond acceptors (Lipinski definition) is 4. The molecule has 0 heterocycles. The van der Waals surface area contributed by atoms with Gasteiger partial charge in [0.25, 0.3) is 0 Å². The molecule has 4 nitrogen and oxygen atoms in total. The van der Waals surface area contributed by atoms with Crippen molar-refractivity contribution in [3.05, 3.63) is 29.8 Å². The Morgan fingerprint density at radius 1 is 1.27 bits per heavy atom. The second-order valence-corrected chi connectivity index (χ2v) is 4.57. The number of aryl methyl sites for hydroxylation is 1. The molecular weight excluding hydrogens is 216 g/mol. The van der Waals surface area contributed by atoms with E-state index in [-0.39, 0.29) is 4.90 Å². The second-order valence-electron chi connectivity index (χ2n) is 3.03. The third-order valence-electron chi connectivity index (χ3n) is 1.85. The van der Waals surface area contributed by atoms with Crippen molar-refractivity contribution in [3.8, 4) is 0 Å². The molecule has 0 aromatic heterocycles. The quantitative estimate of drug-likeness (QED) is 0.735. The van der Waals surface area contributed by atoms with Crippen molar-refractivity contribution in [3.63, 3.8) is 0 Å². The van der Waals surface area contributed by atoms with Crippen LogP contribution in [0, 0.1) is 0 Å². The first-order chi connectivity index (χ1) is 6.95. The van der Waals surface area contributed by atoms with E-state index >= 15 is 0 Å². The van der Waals surface area contributed by atoms with Gasteiger partial charge in [0.05, 0.1) is 0 Å². The van der Waals surface area contributed by atoms with Gasteiger partial charge in [-0.3, -0.25) is 4.79 Å². The molecule has 0 spiro atoms. The molecule has 82 valence electrons. The number of carbonyl (C=O) groups is 1. The first-order valence-corrected chi connectivity index (χ1v) is 5.90. The van der Waals surface area contributed by atoms with Crippen molar-refractivity contribution >= 4 is 16.1 Å². The smallest absolute Gasteiger partial charge is 0.341 e. The average molecular weight is 228 g/mol. The van der Waals surface area contributed by atoms with E-state index < -0.39 is 16.1 Å². The second kappa shape index (κ2) is 4.44. The van der Waals surface area contributed by atoms with E-state index in [0.29, 0.717) is 0 Å². The highest BCUT2D eigenvalue weighted by molar-refractivity contribution is 7.87. The number of carbonyl (C=O) groups excluding carboxylic acids is 1. The summed E-state index contributed by atoms with van der Waals surface area (Å²) in [6, 6.07) is 6.24. The molecule has 0 aliphatic heterocycles. The molecule has 0 bridgehead atoms. The Morgan fingerprint density at radius 3 is 2.20 bits per heavy atom. The van der Waals surface area contributed by atoms with Gasteiger partial charge in [-0.25, -0.2) is 0 Å². The predicted molar refractivity (Wildman–Crippen MR) is 54.8 cm³/mol. The van der Waals surface area contributed by atoms with Crippen LogP contribution in [0.2, 0.25) is 0 Å². The Balaban J connectivity index is 3.01. The molecule has 1 rings (SSSR count). The summed E-state index contributed by atoms with van der Waals surface area (Å²) in [4.78, 5) is 10.5. The lowest BCUT2D eigenvalue weighted by Crippen LogP contribution is -2.10. The van der Waals surface area contributed by atoms with Gasteiger partial charge in [0.1, 0.15) is 4.90 Å². The topological polar surface area (TPSA) is 60.4 Å². The molecule has 15 heavy (non-hydrogen) atoms. The first kappa shape index (κ1) is 11.7. The van der Waals surface area contributed by atoms with E-state index in [9.17, 15) is 13.2 Å². The van der Waals surface area contributed by atoms with Crippen LogP contribution in [0.25, 0.3) is 0 Å². The fraction of sp³-hybridized carbons (Fsp3) is 0.300. The van der Waals surface area contributed by atoms with Gasteiger partial charge >= 0.3 is 16.1 Å². The van der Waals surface area contributed by atoms with E-state index in [1.165, 1.54) is 12.1 Å². The van der Waals surface area contributed by atoms with E-state index in [0.717, 1.165) is 18.9 Å². The van der Waals surface area contributed by atoms with Crippen LogP contribution >= 0.6 is 0 Å². The maximum Gasteiger partial charge on any atom is 0.341 e. The van der Waals surface area contributed by atoms with Gasteiger partial charge in [-0.15, -0.1) is 0 Å². The summed E-state index contributed by atoms with van der Waals surface area (Å²) in [5, 5.41) is 0. The molecule has 0 saturated heterocycles. The minimum absolute atomic E-state index is 0.00472. The predicted octanol–water partition coefficient (Wildman–Crippen LogP) is 1.50. The molecule has 0 radical (unpaired) electrons. The molecule has 0 aliphatic carbocycles. The summed E-state index contributed by atoms with van der Waals surface area (Å²) in [6.45, 7) is 3.02. The van der Waals surface area contributed by atoms with E-state index in [4.69, 9.17) is 0 Å². The average Bonchev–Trinajstić information content (AvgIpc) is 2.16. The van der Waals surface area contributed by atoms with Crippen molar-refractivity contribution in [2.24, 2.45) is 0 Å². The number of rotatable bonds is 3. The molecule has 0 fully saturated rings.